The predicted molar refractivity (Wildman–Crippen MR) is 62.6 cm³/mol. The average molecular weight is 247 g/mol. The van der Waals surface area contributed by atoms with Crippen LogP contribution in [0.15, 0.2) is 18.3 Å². The number of fused-ring (bicyclic) bond motifs is 1. The average Bonchev–Trinajstić information content (AvgIpc) is 2.99. The van der Waals surface area contributed by atoms with E-state index >= 15 is 0 Å². The third-order valence-corrected chi connectivity index (χ3v) is 3.15. The standard InChI is InChI=1S/C12H13N3O3/c16-12(17)8-3-4-10-13-14-11(15(10)7-8)6-9-2-1-5-18-9/h3-4,7,9H,1-2,5-6H2,(H,16,17). The van der Waals surface area contributed by atoms with Crippen LogP contribution < -0.4 is 0 Å². The van der Waals surface area contributed by atoms with Crippen molar-refractivity contribution in [1.82, 2.24) is 14.6 Å². The Labute approximate surface area is 103 Å². The maximum atomic E-state index is 10.9. The number of nitrogens with zero attached hydrogens (tertiary/aromatic N) is 3. The fourth-order valence-electron chi connectivity index (χ4n) is 2.21. The lowest BCUT2D eigenvalue weighted by molar-refractivity contribution is 0.0696. The number of hydrogen-bond donors (Lipinski definition) is 1. The van der Waals surface area contributed by atoms with Crippen LogP contribution in [0.3, 0.4) is 0 Å². The second-order valence-corrected chi connectivity index (χ2v) is 4.41. The van der Waals surface area contributed by atoms with Crippen LogP contribution >= 0.6 is 0 Å². The van der Waals surface area contributed by atoms with Crippen molar-refractivity contribution in [3.8, 4) is 0 Å². The Morgan fingerprint density at radius 1 is 1.50 bits per heavy atom. The number of aromatic carboxylic acids is 1. The zero-order valence-electron chi connectivity index (χ0n) is 9.74. The maximum absolute atomic E-state index is 10.9. The molecule has 3 heterocycles. The van der Waals surface area contributed by atoms with Crippen LogP contribution in [0.4, 0.5) is 0 Å². The number of carbonyl (C=O) groups is 1. The molecular weight excluding hydrogens is 234 g/mol. The molecule has 94 valence electrons. The Balaban J connectivity index is 1.95. The molecule has 0 bridgehead atoms. The maximum Gasteiger partial charge on any atom is 0.337 e. The molecular formula is C12H13N3O3. The number of aromatic nitrogens is 3. The summed E-state index contributed by atoms with van der Waals surface area (Å²) in [6.07, 6.45) is 4.49. The van der Waals surface area contributed by atoms with Gasteiger partial charge < -0.3 is 9.84 Å². The van der Waals surface area contributed by atoms with Gasteiger partial charge in [0.05, 0.1) is 11.7 Å². The molecule has 0 amide bonds. The zero-order chi connectivity index (χ0) is 12.5. The van der Waals surface area contributed by atoms with E-state index in [1.807, 2.05) is 0 Å². The van der Waals surface area contributed by atoms with Crippen LogP contribution in [-0.4, -0.2) is 38.4 Å². The van der Waals surface area contributed by atoms with Gasteiger partial charge in [0.15, 0.2) is 5.65 Å². The predicted octanol–water partition coefficient (Wildman–Crippen LogP) is 1.15. The monoisotopic (exact) mass is 247 g/mol. The molecule has 1 atom stereocenters. The molecule has 18 heavy (non-hydrogen) atoms. The van der Waals surface area contributed by atoms with Crippen LogP contribution in [0.1, 0.15) is 29.0 Å². The van der Waals surface area contributed by atoms with Gasteiger partial charge in [-0.2, -0.15) is 0 Å². The number of pyridine rings is 1. The summed E-state index contributed by atoms with van der Waals surface area (Å²) in [5.74, 6) is -0.200. The normalized spacial score (nSPS) is 19.4. The molecule has 2 aromatic rings. The largest absolute Gasteiger partial charge is 0.478 e. The Morgan fingerprint density at radius 2 is 2.39 bits per heavy atom. The van der Waals surface area contributed by atoms with Gasteiger partial charge in [0.25, 0.3) is 0 Å². The molecule has 1 unspecified atom stereocenters. The summed E-state index contributed by atoms with van der Waals surface area (Å²) >= 11 is 0. The van der Waals surface area contributed by atoms with Gasteiger partial charge in [-0.3, -0.25) is 4.40 Å². The topological polar surface area (TPSA) is 76.7 Å². The van der Waals surface area contributed by atoms with Crippen molar-refractivity contribution in [2.24, 2.45) is 0 Å². The Morgan fingerprint density at radius 3 is 3.11 bits per heavy atom. The van der Waals surface area contributed by atoms with Gasteiger partial charge in [-0.1, -0.05) is 0 Å². The van der Waals surface area contributed by atoms with E-state index in [2.05, 4.69) is 10.2 Å². The summed E-state index contributed by atoms with van der Waals surface area (Å²) in [5.41, 5.74) is 0.892. The minimum Gasteiger partial charge on any atom is -0.478 e. The molecule has 1 aliphatic heterocycles. The van der Waals surface area contributed by atoms with E-state index in [-0.39, 0.29) is 11.7 Å². The summed E-state index contributed by atoms with van der Waals surface area (Å²) in [4.78, 5) is 10.9. The fraction of sp³-hybridized carbons (Fsp3) is 0.417. The molecule has 0 saturated carbocycles. The summed E-state index contributed by atoms with van der Waals surface area (Å²) in [6, 6.07) is 3.19. The smallest absolute Gasteiger partial charge is 0.337 e. The van der Waals surface area contributed by atoms with Gasteiger partial charge >= 0.3 is 5.97 Å². The van der Waals surface area contributed by atoms with E-state index in [1.54, 1.807) is 16.7 Å². The number of rotatable bonds is 3. The highest BCUT2D eigenvalue weighted by molar-refractivity contribution is 5.87. The summed E-state index contributed by atoms with van der Waals surface area (Å²) in [6.45, 7) is 0.793. The van der Waals surface area contributed by atoms with Crippen LogP contribution in [0, 0.1) is 0 Å². The molecule has 3 rings (SSSR count). The molecule has 6 heteroatoms. The first kappa shape index (κ1) is 11.2. The van der Waals surface area contributed by atoms with Crippen molar-refractivity contribution in [2.45, 2.75) is 25.4 Å². The van der Waals surface area contributed by atoms with E-state index in [1.165, 1.54) is 6.07 Å². The minimum atomic E-state index is -0.950. The Hall–Kier alpha value is -1.95. The molecule has 1 aliphatic rings. The molecule has 0 spiro atoms. The molecule has 1 N–H and O–H groups in total. The van der Waals surface area contributed by atoms with Gasteiger partial charge in [-0.25, -0.2) is 4.79 Å². The lowest BCUT2D eigenvalue weighted by Gasteiger charge is -2.07. The van der Waals surface area contributed by atoms with Crippen molar-refractivity contribution >= 4 is 11.6 Å². The number of carboxylic acid groups (broad SMARTS) is 1. The van der Waals surface area contributed by atoms with Crippen molar-refractivity contribution in [1.29, 1.82) is 0 Å². The first-order chi connectivity index (χ1) is 8.74. The van der Waals surface area contributed by atoms with Gasteiger partial charge in [0, 0.05) is 19.2 Å². The van der Waals surface area contributed by atoms with E-state index in [0.29, 0.717) is 12.1 Å². The molecule has 1 saturated heterocycles. The Kier molecular flexibility index (Phi) is 2.71. The fourth-order valence-corrected chi connectivity index (χ4v) is 2.21. The van der Waals surface area contributed by atoms with E-state index in [9.17, 15) is 4.79 Å². The van der Waals surface area contributed by atoms with Crippen molar-refractivity contribution in [3.05, 3.63) is 29.7 Å². The van der Waals surface area contributed by atoms with E-state index in [0.717, 1.165) is 25.3 Å². The van der Waals surface area contributed by atoms with Gasteiger partial charge in [-0.15, -0.1) is 10.2 Å². The highest BCUT2D eigenvalue weighted by atomic mass is 16.5. The lowest BCUT2D eigenvalue weighted by Crippen LogP contribution is -2.12. The summed E-state index contributed by atoms with van der Waals surface area (Å²) in [5, 5.41) is 17.1. The third kappa shape index (κ3) is 1.95. The second-order valence-electron chi connectivity index (χ2n) is 4.41. The molecule has 0 aromatic carbocycles. The highest BCUT2D eigenvalue weighted by Gasteiger charge is 2.19. The van der Waals surface area contributed by atoms with E-state index in [4.69, 9.17) is 9.84 Å². The third-order valence-electron chi connectivity index (χ3n) is 3.15. The molecule has 0 aliphatic carbocycles. The summed E-state index contributed by atoms with van der Waals surface area (Å²) < 4.78 is 7.28. The Bertz CT molecular complexity index is 587. The second kappa shape index (κ2) is 4.38. The number of carboxylic acids is 1. The van der Waals surface area contributed by atoms with Gasteiger partial charge in [-0.05, 0) is 25.0 Å². The van der Waals surface area contributed by atoms with Crippen LogP contribution in [-0.2, 0) is 11.2 Å². The number of ether oxygens (including phenoxy) is 1. The quantitative estimate of drug-likeness (QED) is 0.880. The molecule has 6 nitrogen and oxygen atoms in total. The first-order valence-corrected chi connectivity index (χ1v) is 5.92. The van der Waals surface area contributed by atoms with Crippen molar-refractivity contribution in [2.75, 3.05) is 6.61 Å². The molecule has 2 aromatic heterocycles. The van der Waals surface area contributed by atoms with Gasteiger partial charge in [0.1, 0.15) is 5.82 Å². The van der Waals surface area contributed by atoms with Crippen LogP contribution in [0.25, 0.3) is 5.65 Å². The molecule has 0 radical (unpaired) electrons. The summed E-state index contributed by atoms with van der Waals surface area (Å²) in [7, 11) is 0. The van der Waals surface area contributed by atoms with Crippen LogP contribution in [0.5, 0.6) is 0 Å². The van der Waals surface area contributed by atoms with Gasteiger partial charge in [0.2, 0.25) is 0 Å². The van der Waals surface area contributed by atoms with Crippen LogP contribution in [0.2, 0.25) is 0 Å². The highest BCUT2D eigenvalue weighted by Crippen LogP contribution is 2.17. The van der Waals surface area contributed by atoms with Crippen molar-refractivity contribution < 1.29 is 14.6 Å². The SMILES string of the molecule is O=C(O)c1ccc2nnc(CC3CCCO3)n2c1. The van der Waals surface area contributed by atoms with E-state index < -0.39 is 5.97 Å². The number of hydrogen-bond acceptors (Lipinski definition) is 4. The minimum absolute atomic E-state index is 0.172. The lowest BCUT2D eigenvalue weighted by atomic mass is 10.2. The molecule has 1 fully saturated rings. The first-order valence-electron chi connectivity index (χ1n) is 5.92. The zero-order valence-corrected chi connectivity index (χ0v) is 9.74. The van der Waals surface area contributed by atoms with Crippen molar-refractivity contribution in [3.63, 3.8) is 0 Å².